The van der Waals surface area contributed by atoms with Gasteiger partial charge < -0.3 is 5.73 Å². The van der Waals surface area contributed by atoms with Crippen molar-refractivity contribution in [2.75, 3.05) is 0 Å². The average molecular weight is 257 g/mol. The van der Waals surface area contributed by atoms with Crippen LogP contribution in [0.25, 0.3) is 0 Å². The maximum Gasteiger partial charge on any atom is 0.0380 e. The first kappa shape index (κ1) is 15.8. The van der Waals surface area contributed by atoms with Crippen molar-refractivity contribution in [2.24, 2.45) is 17.1 Å². The summed E-state index contributed by atoms with van der Waals surface area (Å²) in [6.07, 6.45) is 6.62. The van der Waals surface area contributed by atoms with Gasteiger partial charge in [0, 0.05) is 11.5 Å². The summed E-state index contributed by atoms with van der Waals surface area (Å²) < 4.78 is 0. The van der Waals surface area contributed by atoms with E-state index in [0.29, 0.717) is 5.92 Å². The third kappa shape index (κ3) is 4.40. The summed E-state index contributed by atoms with van der Waals surface area (Å²) >= 11 is 0. The molecule has 0 amide bonds. The van der Waals surface area contributed by atoms with Crippen molar-refractivity contribution >= 4 is 0 Å². The van der Waals surface area contributed by atoms with E-state index < -0.39 is 0 Å². The van der Waals surface area contributed by atoms with Crippen LogP contribution in [0.5, 0.6) is 0 Å². The molecule has 1 heteroatoms. The van der Waals surface area contributed by atoms with Crippen LogP contribution in [0.3, 0.4) is 0 Å². The molecule has 1 aromatic carbocycles. The Labute approximate surface area is 118 Å². The molecule has 0 saturated carbocycles. The minimum atomic E-state index is -0.340. The van der Waals surface area contributed by atoms with Crippen LogP contribution in [0.2, 0.25) is 0 Å². The molecule has 0 aliphatic heterocycles. The van der Waals surface area contributed by atoms with Gasteiger partial charge in [0.1, 0.15) is 0 Å². The van der Waals surface area contributed by atoms with Crippen molar-refractivity contribution in [1.29, 1.82) is 0 Å². The van der Waals surface area contributed by atoms with Crippen LogP contribution in [0.4, 0.5) is 0 Å². The van der Waals surface area contributed by atoms with Crippen molar-refractivity contribution in [3.63, 3.8) is 0 Å². The number of hydrogen-bond acceptors (Lipinski definition) is 1. The summed E-state index contributed by atoms with van der Waals surface area (Å²) in [5, 5.41) is 0. The van der Waals surface area contributed by atoms with Gasteiger partial charge in [-0.15, -0.1) is 12.3 Å². The fraction of sp³-hybridized carbons (Fsp3) is 0.556. The fourth-order valence-corrected chi connectivity index (χ4v) is 2.50. The Morgan fingerprint density at radius 2 is 1.63 bits per heavy atom. The molecular weight excluding hydrogens is 230 g/mol. The normalized spacial score (nSPS) is 15.6. The first-order chi connectivity index (χ1) is 8.66. The highest BCUT2D eigenvalue weighted by Gasteiger charge is 2.32. The maximum atomic E-state index is 6.22. The summed E-state index contributed by atoms with van der Waals surface area (Å²) in [7, 11) is 0. The second-order valence-corrected chi connectivity index (χ2v) is 7.11. The zero-order valence-electron chi connectivity index (χ0n) is 12.9. The molecule has 1 nitrogen and oxygen atoms in total. The van der Waals surface area contributed by atoms with Gasteiger partial charge in [-0.05, 0) is 37.2 Å². The lowest BCUT2D eigenvalue weighted by molar-refractivity contribution is 0.251. The number of hydrogen-bond donors (Lipinski definition) is 1. The summed E-state index contributed by atoms with van der Waals surface area (Å²) in [6, 6.07) is 10.6. The summed E-state index contributed by atoms with van der Waals surface area (Å²) in [4.78, 5) is 0. The van der Waals surface area contributed by atoms with E-state index in [1.54, 1.807) is 0 Å². The number of benzene rings is 1. The van der Waals surface area contributed by atoms with Gasteiger partial charge in [-0.25, -0.2) is 0 Å². The maximum absolute atomic E-state index is 6.22. The van der Waals surface area contributed by atoms with Crippen LogP contribution in [-0.2, 0) is 0 Å². The Bertz CT molecular complexity index is 425. The van der Waals surface area contributed by atoms with Gasteiger partial charge in [0.05, 0.1) is 0 Å². The third-order valence-corrected chi connectivity index (χ3v) is 3.82. The molecule has 0 bridgehead atoms. The first-order valence-electron chi connectivity index (χ1n) is 6.96. The van der Waals surface area contributed by atoms with E-state index in [0.717, 1.165) is 6.42 Å². The number of nitrogens with two attached hydrogens (primary N) is 1. The molecule has 0 spiro atoms. The minimum absolute atomic E-state index is 0.0805. The van der Waals surface area contributed by atoms with Crippen molar-refractivity contribution in [3.05, 3.63) is 35.9 Å². The molecule has 1 rings (SSSR count). The van der Waals surface area contributed by atoms with Crippen molar-refractivity contribution < 1.29 is 0 Å². The molecule has 0 aliphatic rings. The zero-order chi connectivity index (χ0) is 14.7. The second-order valence-electron chi connectivity index (χ2n) is 7.11. The van der Waals surface area contributed by atoms with E-state index in [4.69, 9.17) is 12.2 Å². The van der Waals surface area contributed by atoms with Gasteiger partial charge in [0.2, 0.25) is 0 Å². The first-order valence-corrected chi connectivity index (χ1v) is 6.96. The predicted molar refractivity (Wildman–Crippen MR) is 83.8 cm³/mol. The molecular formula is C18H27N. The number of terminal acetylenes is 1. The highest BCUT2D eigenvalue weighted by molar-refractivity contribution is 5.23. The van der Waals surface area contributed by atoms with Gasteiger partial charge in [-0.3, -0.25) is 0 Å². The summed E-state index contributed by atoms with van der Waals surface area (Å²) in [5.74, 6) is 3.38. The summed E-state index contributed by atoms with van der Waals surface area (Å²) in [6.45, 7) is 10.8. The fourth-order valence-electron chi connectivity index (χ4n) is 2.50. The van der Waals surface area contributed by atoms with Gasteiger partial charge in [0.25, 0.3) is 0 Å². The predicted octanol–water partition coefficient (Wildman–Crippen LogP) is 4.19. The molecule has 0 saturated heterocycles. The molecule has 2 N–H and O–H groups in total. The molecule has 1 aromatic rings. The Morgan fingerprint density at radius 1 is 1.11 bits per heavy atom. The quantitative estimate of drug-likeness (QED) is 0.804. The van der Waals surface area contributed by atoms with E-state index in [2.05, 4.69) is 57.0 Å². The van der Waals surface area contributed by atoms with Gasteiger partial charge >= 0.3 is 0 Å². The molecule has 0 heterocycles. The molecule has 104 valence electrons. The topological polar surface area (TPSA) is 26.0 Å². The molecule has 2 unspecified atom stereocenters. The Balaban J connectivity index is 3.05. The van der Waals surface area contributed by atoms with Crippen molar-refractivity contribution in [2.45, 2.75) is 52.5 Å². The van der Waals surface area contributed by atoms with E-state index in [9.17, 15) is 0 Å². The van der Waals surface area contributed by atoms with Crippen LogP contribution >= 0.6 is 0 Å². The van der Waals surface area contributed by atoms with Crippen LogP contribution in [0.1, 0.15) is 52.5 Å². The van der Waals surface area contributed by atoms with E-state index in [1.165, 1.54) is 5.56 Å². The minimum Gasteiger partial charge on any atom is -0.324 e. The highest BCUT2D eigenvalue weighted by atomic mass is 14.7. The van der Waals surface area contributed by atoms with Crippen LogP contribution < -0.4 is 5.73 Å². The Kier molecular flexibility index (Phi) is 4.82. The van der Waals surface area contributed by atoms with Gasteiger partial charge in [0.15, 0.2) is 0 Å². The van der Waals surface area contributed by atoms with Crippen LogP contribution in [0.15, 0.2) is 30.3 Å². The number of rotatable bonds is 4. The van der Waals surface area contributed by atoms with Crippen molar-refractivity contribution in [3.8, 4) is 12.3 Å². The Morgan fingerprint density at radius 3 is 2.00 bits per heavy atom. The monoisotopic (exact) mass is 257 g/mol. The van der Waals surface area contributed by atoms with E-state index >= 15 is 0 Å². The van der Waals surface area contributed by atoms with E-state index in [-0.39, 0.29) is 16.9 Å². The molecule has 0 radical (unpaired) electrons. The molecule has 2 atom stereocenters. The third-order valence-electron chi connectivity index (χ3n) is 3.82. The summed E-state index contributed by atoms with van der Waals surface area (Å²) in [5.41, 5.74) is 7.39. The van der Waals surface area contributed by atoms with Crippen LogP contribution in [-0.4, -0.2) is 5.54 Å². The highest BCUT2D eigenvalue weighted by Crippen LogP contribution is 2.41. The van der Waals surface area contributed by atoms with Gasteiger partial charge in [-0.1, -0.05) is 51.1 Å². The zero-order valence-corrected chi connectivity index (χ0v) is 12.9. The second kappa shape index (κ2) is 5.80. The standard InChI is InChI=1S/C18H27N/c1-7-15(18(5,6)19)13-16(17(2,3)4)14-11-9-8-10-12-14/h1,8-12,15-16H,13,19H2,2-6H3. The molecule has 0 aromatic heterocycles. The SMILES string of the molecule is C#CC(CC(c1ccccc1)C(C)(C)C)C(C)(C)N. The largest absolute Gasteiger partial charge is 0.324 e. The smallest absolute Gasteiger partial charge is 0.0380 e. The van der Waals surface area contributed by atoms with E-state index in [1.807, 2.05) is 13.8 Å². The van der Waals surface area contributed by atoms with Crippen molar-refractivity contribution in [1.82, 2.24) is 0 Å². The lowest BCUT2D eigenvalue weighted by Gasteiger charge is -2.36. The Hall–Kier alpha value is -1.26. The molecule has 0 aliphatic carbocycles. The molecule has 0 fully saturated rings. The lowest BCUT2D eigenvalue weighted by Crippen LogP contribution is -2.41. The van der Waals surface area contributed by atoms with Gasteiger partial charge in [-0.2, -0.15) is 0 Å². The average Bonchev–Trinajstić information content (AvgIpc) is 2.27. The lowest BCUT2D eigenvalue weighted by atomic mass is 9.69. The molecule has 19 heavy (non-hydrogen) atoms. The van der Waals surface area contributed by atoms with Crippen LogP contribution in [0, 0.1) is 23.7 Å².